The van der Waals surface area contributed by atoms with Gasteiger partial charge in [0.25, 0.3) is 5.91 Å². The van der Waals surface area contributed by atoms with Crippen LogP contribution in [0.2, 0.25) is 0 Å². The summed E-state index contributed by atoms with van der Waals surface area (Å²) in [7, 11) is 0. The highest BCUT2D eigenvalue weighted by Gasteiger charge is 2.15. The SMILES string of the molecule is Cc1nc(Nc2ccc(F)cc2F)cc(C(=O)NC(C)c2ccccc2)n1. The van der Waals surface area contributed by atoms with Gasteiger partial charge in [0.2, 0.25) is 0 Å². The second kappa shape index (κ2) is 7.90. The fourth-order valence-corrected chi connectivity index (χ4v) is 2.57. The van der Waals surface area contributed by atoms with Gasteiger partial charge in [0.05, 0.1) is 11.7 Å². The molecule has 0 spiro atoms. The second-order valence-electron chi connectivity index (χ2n) is 6.04. The van der Waals surface area contributed by atoms with Crippen molar-refractivity contribution in [3.63, 3.8) is 0 Å². The van der Waals surface area contributed by atoms with Crippen molar-refractivity contribution in [3.8, 4) is 0 Å². The fourth-order valence-electron chi connectivity index (χ4n) is 2.57. The first kappa shape index (κ1) is 18.4. The third kappa shape index (κ3) is 4.63. The van der Waals surface area contributed by atoms with Crippen LogP contribution in [0.15, 0.2) is 54.6 Å². The van der Waals surface area contributed by atoms with Gasteiger partial charge in [-0.05, 0) is 31.5 Å². The molecule has 1 heterocycles. The van der Waals surface area contributed by atoms with Crippen molar-refractivity contribution in [1.82, 2.24) is 15.3 Å². The van der Waals surface area contributed by atoms with Gasteiger partial charge in [-0.15, -0.1) is 0 Å². The maximum atomic E-state index is 13.8. The molecule has 5 nitrogen and oxygen atoms in total. The number of carbonyl (C=O) groups is 1. The summed E-state index contributed by atoms with van der Waals surface area (Å²) in [5, 5.41) is 5.62. The molecule has 2 aromatic carbocycles. The Morgan fingerprint density at radius 1 is 1.04 bits per heavy atom. The Hall–Kier alpha value is -3.35. The lowest BCUT2D eigenvalue weighted by Crippen LogP contribution is -2.27. The van der Waals surface area contributed by atoms with Gasteiger partial charge in [0.15, 0.2) is 0 Å². The van der Waals surface area contributed by atoms with Crippen molar-refractivity contribution >= 4 is 17.4 Å². The molecule has 0 saturated heterocycles. The van der Waals surface area contributed by atoms with E-state index in [9.17, 15) is 13.6 Å². The number of carbonyl (C=O) groups excluding carboxylic acids is 1. The summed E-state index contributed by atoms with van der Waals surface area (Å²) in [6.07, 6.45) is 0. The van der Waals surface area contributed by atoms with Gasteiger partial charge in [-0.3, -0.25) is 4.79 Å². The van der Waals surface area contributed by atoms with Crippen molar-refractivity contribution < 1.29 is 13.6 Å². The topological polar surface area (TPSA) is 66.9 Å². The van der Waals surface area contributed by atoms with Crippen LogP contribution < -0.4 is 10.6 Å². The molecule has 0 aliphatic carbocycles. The standard InChI is InChI=1S/C20H18F2N4O/c1-12(14-6-4-3-5-7-14)23-20(27)18-11-19(25-13(2)24-18)26-17-9-8-15(21)10-16(17)22/h3-12H,1-2H3,(H,23,27)(H,24,25,26). The molecule has 0 radical (unpaired) electrons. The molecule has 0 fully saturated rings. The van der Waals surface area contributed by atoms with Gasteiger partial charge in [0.1, 0.15) is 29.0 Å². The lowest BCUT2D eigenvalue weighted by atomic mass is 10.1. The van der Waals surface area contributed by atoms with Crippen molar-refractivity contribution in [1.29, 1.82) is 0 Å². The van der Waals surface area contributed by atoms with Gasteiger partial charge >= 0.3 is 0 Å². The molecule has 138 valence electrons. The highest BCUT2D eigenvalue weighted by Crippen LogP contribution is 2.20. The molecule has 0 saturated carbocycles. The number of aromatic nitrogens is 2. The van der Waals surface area contributed by atoms with Crippen LogP contribution in [0.4, 0.5) is 20.3 Å². The number of aryl methyl sites for hydroxylation is 1. The van der Waals surface area contributed by atoms with E-state index in [4.69, 9.17) is 0 Å². The van der Waals surface area contributed by atoms with Crippen LogP contribution in [0, 0.1) is 18.6 Å². The molecule has 0 aliphatic heterocycles. The number of hydrogen-bond donors (Lipinski definition) is 2. The minimum Gasteiger partial charge on any atom is -0.344 e. The summed E-state index contributed by atoms with van der Waals surface area (Å²) in [4.78, 5) is 20.8. The third-order valence-electron chi connectivity index (χ3n) is 3.91. The van der Waals surface area contributed by atoms with Gasteiger partial charge in [-0.1, -0.05) is 30.3 Å². The van der Waals surface area contributed by atoms with E-state index < -0.39 is 11.6 Å². The van der Waals surface area contributed by atoms with Gasteiger partial charge in [-0.25, -0.2) is 18.7 Å². The van der Waals surface area contributed by atoms with E-state index in [0.29, 0.717) is 5.82 Å². The molecular weight excluding hydrogens is 350 g/mol. The summed E-state index contributed by atoms with van der Waals surface area (Å²) in [5.41, 5.74) is 1.16. The highest BCUT2D eigenvalue weighted by molar-refractivity contribution is 5.93. The largest absolute Gasteiger partial charge is 0.344 e. The van der Waals surface area contributed by atoms with Crippen LogP contribution in [0.1, 0.15) is 34.8 Å². The Balaban J connectivity index is 1.79. The van der Waals surface area contributed by atoms with Crippen LogP contribution in [0.25, 0.3) is 0 Å². The van der Waals surface area contributed by atoms with Crippen molar-refractivity contribution in [3.05, 3.63) is 83.3 Å². The van der Waals surface area contributed by atoms with Gasteiger partial charge in [-0.2, -0.15) is 0 Å². The fraction of sp³-hybridized carbons (Fsp3) is 0.150. The lowest BCUT2D eigenvalue weighted by Gasteiger charge is -2.15. The highest BCUT2D eigenvalue weighted by atomic mass is 19.1. The minimum atomic E-state index is -0.755. The summed E-state index contributed by atoms with van der Waals surface area (Å²) in [6, 6.07) is 13.9. The average molecular weight is 368 g/mol. The van der Waals surface area contributed by atoms with Crippen molar-refractivity contribution in [2.45, 2.75) is 19.9 Å². The van der Waals surface area contributed by atoms with E-state index >= 15 is 0 Å². The molecule has 1 atom stereocenters. The van der Waals surface area contributed by atoms with Crippen LogP contribution in [0.3, 0.4) is 0 Å². The number of anilines is 2. The lowest BCUT2D eigenvalue weighted by molar-refractivity contribution is 0.0934. The van der Waals surface area contributed by atoms with Crippen LogP contribution >= 0.6 is 0 Å². The number of hydrogen-bond acceptors (Lipinski definition) is 4. The first-order valence-corrected chi connectivity index (χ1v) is 8.36. The smallest absolute Gasteiger partial charge is 0.270 e. The van der Waals surface area contributed by atoms with Gasteiger partial charge < -0.3 is 10.6 Å². The Kier molecular flexibility index (Phi) is 5.40. The minimum absolute atomic E-state index is 0.0542. The molecule has 0 bridgehead atoms. The number of benzene rings is 2. The summed E-state index contributed by atoms with van der Waals surface area (Å²) < 4.78 is 26.9. The zero-order valence-corrected chi connectivity index (χ0v) is 14.8. The molecule has 0 aliphatic rings. The van der Waals surface area contributed by atoms with Crippen molar-refractivity contribution in [2.75, 3.05) is 5.32 Å². The van der Waals surface area contributed by atoms with E-state index in [1.54, 1.807) is 6.92 Å². The molecule has 1 unspecified atom stereocenters. The zero-order valence-electron chi connectivity index (χ0n) is 14.8. The zero-order chi connectivity index (χ0) is 19.4. The van der Waals surface area contributed by atoms with E-state index in [-0.39, 0.29) is 29.1 Å². The Bertz CT molecular complexity index is 963. The third-order valence-corrected chi connectivity index (χ3v) is 3.91. The Morgan fingerprint density at radius 3 is 2.48 bits per heavy atom. The maximum absolute atomic E-state index is 13.8. The van der Waals surface area contributed by atoms with Crippen LogP contribution in [-0.2, 0) is 0 Å². The predicted octanol–water partition coefficient (Wildman–Crippen LogP) is 4.30. The average Bonchev–Trinajstić information content (AvgIpc) is 2.64. The molecule has 3 aromatic rings. The predicted molar refractivity (Wildman–Crippen MR) is 98.7 cm³/mol. The van der Waals surface area contributed by atoms with E-state index in [2.05, 4.69) is 20.6 Å². The number of nitrogens with one attached hydrogen (secondary N) is 2. The maximum Gasteiger partial charge on any atom is 0.270 e. The monoisotopic (exact) mass is 368 g/mol. The number of nitrogens with zero attached hydrogens (tertiary/aromatic N) is 2. The molecular formula is C20H18F2N4O. The molecule has 3 rings (SSSR count). The number of halogens is 2. The summed E-state index contributed by atoms with van der Waals surface area (Å²) in [6.45, 7) is 3.50. The van der Waals surface area contributed by atoms with Crippen LogP contribution in [0.5, 0.6) is 0 Å². The summed E-state index contributed by atoms with van der Waals surface area (Å²) >= 11 is 0. The van der Waals surface area contributed by atoms with E-state index in [0.717, 1.165) is 17.7 Å². The molecule has 1 amide bonds. The van der Waals surface area contributed by atoms with Crippen LogP contribution in [-0.4, -0.2) is 15.9 Å². The second-order valence-corrected chi connectivity index (χ2v) is 6.04. The number of rotatable bonds is 5. The Labute approximate surface area is 155 Å². The first-order valence-electron chi connectivity index (χ1n) is 8.36. The number of amides is 1. The van der Waals surface area contributed by atoms with Gasteiger partial charge in [0, 0.05) is 12.1 Å². The molecule has 7 heteroatoms. The summed E-state index contributed by atoms with van der Waals surface area (Å²) in [5.74, 6) is -1.22. The van der Waals surface area contributed by atoms with Crippen molar-refractivity contribution in [2.24, 2.45) is 0 Å². The van der Waals surface area contributed by atoms with E-state index in [1.807, 2.05) is 37.3 Å². The molecule has 2 N–H and O–H groups in total. The molecule has 27 heavy (non-hydrogen) atoms. The first-order chi connectivity index (χ1) is 12.9. The normalized spacial score (nSPS) is 11.7. The molecule has 1 aromatic heterocycles. The van der Waals surface area contributed by atoms with E-state index in [1.165, 1.54) is 12.1 Å². The Morgan fingerprint density at radius 2 is 1.78 bits per heavy atom. The quantitative estimate of drug-likeness (QED) is 0.705.